The molecule has 0 unspecified atom stereocenters. The molecule has 2 aliphatic rings. The number of hydrogen-bond donors (Lipinski definition) is 0. The van der Waals surface area contributed by atoms with Crippen molar-refractivity contribution < 1.29 is 14.3 Å². The fourth-order valence-corrected chi connectivity index (χ4v) is 2.97. The maximum atomic E-state index is 12.7. The SMILES string of the molecule is CN1C(=O)[C@H]2COC[C@@H]1CN(C(=O)c1cccc(C#N)c1)C2. The van der Waals surface area contributed by atoms with Crippen LogP contribution in [0.5, 0.6) is 0 Å². The molecule has 2 fully saturated rings. The van der Waals surface area contributed by atoms with Gasteiger partial charge >= 0.3 is 0 Å². The van der Waals surface area contributed by atoms with Gasteiger partial charge in [0.1, 0.15) is 0 Å². The Morgan fingerprint density at radius 1 is 1.36 bits per heavy atom. The van der Waals surface area contributed by atoms with Crippen molar-refractivity contribution in [1.29, 1.82) is 5.26 Å². The molecule has 2 atom stereocenters. The second-order valence-corrected chi connectivity index (χ2v) is 5.74. The lowest BCUT2D eigenvalue weighted by atomic mass is 10.1. The third-order valence-corrected chi connectivity index (χ3v) is 4.27. The lowest BCUT2D eigenvalue weighted by Crippen LogP contribution is -2.45. The molecular formula is C16H17N3O3. The molecule has 2 heterocycles. The molecule has 2 aliphatic heterocycles. The number of carbonyl (C=O) groups is 2. The maximum Gasteiger partial charge on any atom is 0.253 e. The van der Waals surface area contributed by atoms with Gasteiger partial charge in [0, 0.05) is 25.7 Å². The second-order valence-electron chi connectivity index (χ2n) is 5.74. The number of nitrogens with zero attached hydrogens (tertiary/aromatic N) is 3. The van der Waals surface area contributed by atoms with E-state index < -0.39 is 0 Å². The predicted octanol–water partition coefficient (Wildman–Crippen LogP) is 0.487. The number of rotatable bonds is 1. The number of ether oxygens (including phenoxy) is 1. The van der Waals surface area contributed by atoms with Gasteiger partial charge in [0.05, 0.1) is 36.8 Å². The van der Waals surface area contributed by atoms with E-state index in [9.17, 15) is 9.59 Å². The van der Waals surface area contributed by atoms with Crippen molar-refractivity contribution in [2.24, 2.45) is 5.92 Å². The van der Waals surface area contributed by atoms with Crippen molar-refractivity contribution in [1.82, 2.24) is 9.80 Å². The van der Waals surface area contributed by atoms with Gasteiger partial charge in [-0.2, -0.15) is 5.26 Å². The molecule has 1 aromatic rings. The molecule has 0 N–H and O–H groups in total. The largest absolute Gasteiger partial charge is 0.378 e. The van der Waals surface area contributed by atoms with Gasteiger partial charge in [-0.05, 0) is 18.2 Å². The molecule has 0 radical (unpaired) electrons. The van der Waals surface area contributed by atoms with Crippen LogP contribution >= 0.6 is 0 Å². The average molecular weight is 299 g/mol. The fraction of sp³-hybridized carbons (Fsp3) is 0.438. The van der Waals surface area contributed by atoms with Gasteiger partial charge in [-0.3, -0.25) is 9.59 Å². The summed E-state index contributed by atoms with van der Waals surface area (Å²) in [4.78, 5) is 28.4. The highest BCUT2D eigenvalue weighted by atomic mass is 16.5. The van der Waals surface area contributed by atoms with Gasteiger partial charge in [-0.15, -0.1) is 0 Å². The van der Waals surface area contributed by atoms with Crippen molar-refractivity contribution >= 4 is 11.8 Å². The Morgan fingerprint density at radius 2 is 2.18 bits per heavy atom. The van der Waals surface area contributed by atoms with Gasteiger partial charge in [0.2, 0.25) is 5.91 Å². The molecule has 1 aromatic carbocycles. The van der Waals surface area contributed by atoms with Crippen LogP contribution in [0.4, 0.5) is 0 Å². The summed E-state index contributed by atoms with van der Waals surface area (Å²) in [5, 5.41) is 8.96. The first-order valence-corrected chi connectivity index (χ1v) is 7.24. The quantitative estimate of drug-likeness (QED) is 0.756. The molecule has 0 aromatic heterocycles. The minimum absolute atomic E-state index is 0.0311. The molecule has 2 saturated heterocycles. The zero-order chi connectivity index (χ0) is 15.7. The Hall–Kier alpha value is -2.39. The van der Waals surface area contributed by atoms with Crippen LogP contribution in [0.15, 0.2) is 24.3 Å². The highest BCUT2D eigenvalue weighted by Gasteiger charge is 2.38. The van der Waals surface area contributed by atoms with E-state index in [1.54, 1.807) is 41.1 Å². The van der Waals surface area contributed by atoms with E-state index in [1.165, 1.54) is 0 Å². The number of carbonyl (C=O) groups excluding carboxylic acids is 2. The third-order valence-electron chi connectivity index (χ3n) is 4.27. The highest BCUT2D eigenvalue weighted by Crippen LogP contribution is 2.21. The van der Waals surface area contributed by atoms with Crippen LogP contribution in [0.25, 0.3) is 0 Å². The maximum absolute atomic E-state index is 12.7. The molecule has 114 valence electrons. The summed E-state index contributed by atoms with van der Waals surface area (Å²) in [7, 11) is 1.76. The first-order valence-electron chi connectivity index (χ1n) is 7.24. The standard InChI is InChI=1S/C16H17N3O3/c1-18-14-8-19(7-13(15(18)20)9-22-10-14)16(21)12-4-2-3-11(5-12)6-17/h2-5,13-14H,7-10H2,1H3/t13-,14+/m1/s1. The Balaban J connectivity index is 1.87. The Kier molecular flexibility index (Phi) is 3.82. The van der Waals surface area contributed by atoms with Gasteiger partial charge < -0.3 is 14.5 Å². The number of hydrogen-bond acceptors (Lipinski definition) is 4. The van der Waals surface area contributed by atoms with E-state index >= 15 is 0 Å². The fourth-order valence-electron chi connectivity index (χ4n) is 2.97. The Labute approximate surface area is 128 Å². The van der Waals surface area contributed by atoms with Gasteiger partial charge in [0.25, 0.3) is 5.91 Å². The first-order chi connectivity index (χ1) is 10.6. The molecule has 2 bridgehead atoms. The van der Waals surface area contributed by atoms with Crippen LogP contribution in [0.1, 0.15) is 15.9 Å². The molecule has 6 heteroatoms. The van der Waals surface area contributed by atoms with Crippen LogP contribution in [-0.2, 0) is 9.53 Å². The lowest BCUT2D eigenvalue weighted by Gasteiger charge is -2.29. The summed E-state index contributed by atoms with van der Waals surface area (Å²) in [6.07, 6.45) is 0. The first kappa shape index (κ1) is 14.5. The van der Waals surface area contributed by atoms with E-state index in [-0.39, 0.29) is 23.8 Å². The van der Waals surface area contributed by atoms with Crippen LogP contribution in [-0.4, -0.2) is 61.0 Å². The predicted molar refractivity (Wildman–Crippen MR) is 77.9 cm³/mol. The average Bonchev–Trinajstić information content (AvgIpc) is 2.72. The highest BCUT2D eigenvalue weighted by molar-refractivity contribution is 5.95. The number of benzene rings is 1. The summed E-state index contributed by atoms with van der Waals surface area (Å²) in [5.74, 6) is -0.429. The molecular weight excluding hydrogens is 282 g/mol. The number of amides is 2. The van der Waals surface area contributed by atoms with Crippen LogP contribution in [0, 0.1) is 17.2 Å². The second kappa shape index (κ2) is 5.78. The van der Waals surface area contributed by atoms with Crippen LogP contribution < -0.4 is 0 Å². The van der Waals surface area contributed by atoms with Gasteiger partial charge in [-0.25, -0.2) is 0 Å². The summed E-state index contributed by atoms with van der Waals surface area (Å²) >= 11 is 0. The zero-order valence-electron chi connectivity index (χ0n) is 12.4. The van der Waals surface area contributed by atoms with Crippen molar-refractivity contribution in [3.63, 3.8) is 0 Å². The third kappa shape index (κ3) is 2.55. The van der Waals surface area contributed by atoms with Crippen molar-refractivity contribution in [2.45, 2.75) is 6.04 Å². The monoisotopic (exact) mass is 299 g/mol. The number of nitriles is 1. The van der Waals surface area contributed by atoms with Crippen LogP contribution in [0.3, 0.4) is 0 Å². The summed E-state index contributed by atoms with van der Waals surface area (Å²) in [6.45, 7) is 1.60. The Morgan fingerprint density at radius 3 is 2.95 bits per heavy atom. The van der Waals surface area contributed by atoms with Crippen LogP contribution in [0.2, 0.25) is 0 Å². The molecule has 6 nitrogen and oxygen atoms in total. The summed E-state index contributed by atoms with van der Waals surface area (Å²) in [5.41, 5.74) is 0.937. The molecule has 0 saturated carbocycles. The summed E-state index contributed by atoms with van der Waals surface area (Å²) < 4.78 is 5.53. The van der Waals surface area contributed by atoms with Gasteiger partial charge in [-0.1, -0.05) is 6.07 Å². The van der Waals surface area contributed by atoms with Crippen molar-refractivity contribution in [3.05, 3.63) is 35.4 Å². The van der Waals surface area contributed by atoms with Gasteiger partial charge in [0.15, 0.2) is 0 Å². The van der Waals surface area contributed by atoms with E-state index in [4.69, 9.17) is 10.00 Å². The Bertz CT molecular complexity index is 652. The zero-order valence-corrected chi connectivity index (χ0v) is 12.4. The number of fused-ring (bicyclic) bond motifs is 3. The minimum atomic E-state index is -0.319. The lowest BCUT2D eigenvalue weighted by molar-refractivity contribution is -0.133. The van der Waals surface area contributed by atoms with E-state index in [2.05, 4.69) is 0 Å². The molecule has 2 amide bonds. The van der Waals surface area contributed by atoms with E-state index in [0.29, 0.717) is 37.4 Å². The van der Waals surface area contributed by atoms with E-state index in [0.717, 1.165) is 0 Å². The molecule has 0 spiro atoms. The molecule has 3 rings (SSSR count). The minimum Gasteiger partial charge on any atom is -0.378 e. The van der Waals surface area contributed by atoms with Crippen molar-refractivity contribution in [2.75, 3.05) is 33.4 Å². The molecule has 22 heavy (non-hydrogen) atoms. The van der Waals surface area contributed by atoms with Crippen molar-refractivity contribution in [3.8, 4) is 6.07 Å². The van der Waals surface area contributed by atoms with E-state index in [1.807, 2.05) is 6.07 Å². The topological polar surface area (TPSA) is 73.6 Å². The smallest absolute Gasteiger partial charge is 0.253 e. The summed E-state index contributed by atoms with van der Waals surface area (Å²) in [6, 6.07) is 8.57. The normalized spacial score (nSPS) is 24.6. The molecule has 0 aliphatic carbocycles. The number of likely N-dealkylation sites (N-methyl/N-ethyl adjacent to an activating group) is 1.